The van der Waals surface area contributed by atoms with Gasteiger partial charge >= 0.3 is 0 Å². The molecule has 7 nitrogen and oxygen atoms in total. The number of hydrogen-bond donors (Lipinski definition) is 2. The number of ether oxygens (including phenoxy) is 1. The number of nitrogens with one attached hydrogen (secondary N) is 2. The highest BCUT2D eigenvalue weighted by Gasteiger charge is 2.11. The van der Waals surface area contributed by atoms with Crippen LogP contribution >= 0.6 is 11.3 Å². The molecule has 2 amide bonds. The molecule has 0 aliphatic heterocycles. The number of rotatable bonds is 7. The minimum atomic E-state index is -0.292. The van der Waals surface area contributed by atoms with Crippen LogP contribution in [0.2, 0.25) is 0 Å². The predicted molar refractivity (Wildman–Crippen MR) is 96.2 cm³/mol. The summed E-state index contributed by atoms with van der Waals surface area (Å²) in [5.74, 6) is -0.543. The lowest BCUT2D eigenvalue weighted by Gasteiger charge is -2.06. The van der Waals surface area contributed by atoms with Crippen LogP contribution in [0.5, 0.6) is 0 Å². The molecule has 8 heteroatoms. The van der Waals surface area contributed by atoms with E-state index in [2.05, 4.69) is 15.6 Å². The smallest absolute Gasteiger partial charge is 0.251 e. The molecule has 0 radical (unpaired) electrons. The third-order valence-corrected chi connectivity index (χ3v) is 4.53. The van der Waals surface area contributed by atoms with Crippen molar-refractivity contribution in [3.8, 4) is 5.13 Å². The molecule has 0 bridgehead atoms. The highest BCUT2D eigenvalue weighted by molar-refractivity contribution is 7.20. The molecule has 0 aliphatic rings. The van der Waals surface area contributed by atoms with E-state index >= 15 is 0 Å². The molecule has 0 aliphatic carbocycles. The van der Waals surface area contributed by atoms with Crippen LogP contribution in [-0.2, 0) is 9.53 Å². The first-order valence-corrected chi connectivity index (χ1v) is 8.57. The van der Waals surface area contributed by atoms with Gasteiger partial charge in [0, 0.05) is 31.6 Å². The minimum absolute atomic E-state index is 0.0715. The van der Waals surface area contributed by atoms with E-state index in [0.29, 0.717) is 18.7 Å². The number of carbonyl (C=O) groups excluding carboxylic acids is 2. The van der Waals surface area contributed by atoms with E-state index in [1.54, 1.807) is 19.2 Å². The Morgan fingerprint density at radius 2 is 2.04 bits per heavy atom. The van der Waals surface area contributed by atoms with Crippen LogP contribution in [0.3, 0.4) is 0 Å². The Morgan fingerprint density at radius 3 is 2.80 bits per heavy atom. The van der Waals surface area contributed by atoms with Crippen molar-refractivity contribution in [2.75, 3.05) is 26.8 Å². The number of benzene rings is 1. The van der Waals surface area contributed by atoms with Crippen LogP contribution in [0.15, 0.2) is 42.7 Å². The van der Waals surface area contributed by atoms with E-state index < -0.39 is 0 Å². The maximum Gasteiger partial charge on any atom is 0.251 e. The molecule has 0 saturated carbocycles. The zero-order chi connectivity index (χ0) is 17.6. The number of fused-ring (bicyclic) bond motifs is 1. The van der Waals surface area contributed by atoms with E-state index in [9.17, 15) is 9.59 Å². The number of hydrogen-bond acceptors (Lipinski definition) is 5. The summed E-state index contributed by atoms with van der Waals surface area (Å²) in [4.78, 5) is 28.4. The summed E-state index contributed by atoms with van der Waals surface area (Å²) in [6.07, 6.45) is 3.85. The Kier molecular flexibility index (Phi) is 5.42. The maximum absolute atomic E-state index is 12.2. The summed E-state index contributed by atoms with van der Waals surface area (Å²) in [7, 11) is 1.56. The lowest BCUT2D eigenvalue weighted by Crippen LogP contribution is -2.38. The highest BCUT2D eigenvalue weighted by Crippen LogP contribution is 2.25. The molecule has 2 heterocycles. The van der Waals surface area contributed by atoms with E-state index in [1.165, 1.54) is 11.3 Å². The zero-order valence-electron chi connectivity index (χ0n) is 13.7. The fraction of sp³-hybridized carbons (Fsp3) is 0.235. The predicted octanol–water partition coefficient (Wildman–Crippen LogP) is 1.58. The SMILES string of the molecule is COCCNC(=O)CNC(=O)c1ccc2nc(-n3cccc3)sc2c1. The molecular formula is C17H18N4O3S. The van der Waals surface area contributed by atoms with Gasteiger partial charge in [-0.3, -0.25) is 9.59 Å². The van der Waals surface area contributed by atoms with Gasteiger partial charge in [-0.2, -0.15) is 0 Å². The Labute approximate surface area is 148 Å². The molecule has 3 rings (SSSR count). The third-order valence-electron chi connectivity index (χ3n) is 3.50. The summed E-state index contributed by atoms with van der Waals surface area (Å²) in [5.41, 5.74) is 1.34. The van der Waals surface area contributed by atoms with Gasteiger partial charge in [0.15, 0.2) is 5.13 Å². The van der Waals surface area contributed by atoms with Gasteiger partial charge in [-0.1, -0.05) is 11.3 Å². The van der Waals surface area contributed by atoms with Crippen LogP contribution in [0.4, 0.5) is 0 Å². The maximum atomic E-state index is 12.2. The van der Waals surface area contributed by atoms with Crippen molar-refractivity contribution in [3.63, 3.8) is 0 Å². The Hall–Kier alpha value is -2.71. The van der Waals surface area contributed by atoms with Crippen molar-refractivity contribution in [1.82, 2.24) is 20.2 Å². The summed E-state index contributed by atoms with van der Waals surface area (Å²) < 4.78 is 7.69. The van der Waals surface area contributed by atoms with Crippen LogP contribution in [0.25, 0.3) is 15.3 Å². The summed E-state index contributed by atoms with van der Waals surface area (Å²) in [6.45, 7) is 0.781. The third kappa shape index (κ3) is 4.23. The molecule has 2 N–H and O–H groups in total. The molecule has 2 aromatic heterocycles. The van der Waals surface area contributed by atoms with Crippen LogP contribution in [-0.4, -0.2) is 48.2 Å². The number of aromatic nitrogens is 2. The Bertz CT molecular complexity index is 873. The second-order valence-electron chi connectivity index (χ2n) is 5.29. The summed E-state index contributed by atoms with van der Waals surface area (Å²) in [5, 5.41) is 6.10. The number of nitrogens with zero attached hydrogens (tertiary/aromatic N) is 2. The van der Waals surface area contributed by atoms with Gasteiger partial charge < -0.3 is 19.9 Å². The molecule has 0 atom stereocenters. The topological polar surface area (TPSA) is 85.2 Å². The Morgan fingerprint density at radius 1 is 1.24 bits per heavy atom. The van der Waals surface area contributed by atoms with Gasteiger partial charge in [-0.15, -0.1) is 0 Å². The Balaban J connectivity index is 1.65. The lowest BCUT2D eigenvalue weighted by molar-refractivity contribution is -0.120. The molecule has 0 unspecified atom stereocenters. The molecule has 0 saturated heterocycles. The molecular weight excluding hydrogens is 340 g/mol. The molecule has 25 heavy (non-hydrogen) atoms. The quantitative estimate of drug-likeness (QED) is 0.628. The van der Waals surface area contributed by atoms with Crippen molar-refractivity contribution in [2.24, 2.45) is 0 Å². The number of thiazole rings is 1. The van der Waals surface area contributed by atoms with Gasteiger partial charge in [0.1, 0.15) is 0 Å². The van der Waals surface area contributed by atoms with Crippen molar-refractivity contribution in [1.29, 1.82) is 0 Å². The minimum Gasteiger partial charge on any atom is -0.383 e. The molecule has 0 fully saturated rings. The first-order valence-electron chi connectivity index (χ1n) is 7.75. The van der Waals surface area contributed by atoms with Crippen molar-refractivity contribution >= 4 is 33.4 Å². The molecule has 130 valence electrons. The average Bonchev–Trinajstić information content (AvgIpc) is 3.28. The largest absolute Gasteiger partial charge is 0.383 e. The van der Waals surface area contributed by atoms with Crippen molar-refractivity contribution < 1.29 is 14.3 Å². The van der Waals surface area contributed by atoms with Crippen LogP contribution in [0, 0.1) is 0 Å². The van der Waals surface area contributed by atoms with Crippen LogP contribution in [0.1, 0.15) is 10.4 Å². The van der Waals surface area contributed by atoms with Crippen LogP contribution < -0.4 is 10.6 Å². The molecule has 3 aromatic rings. The zero-order valence-corrected chi connectivity index (χ0v) is 14.5. The van der Waals surface area contributed by atoms with Gasteiger partial charge in [-0.25, -0.2) is 4.98 Å². The first-order chi connectivity index (χ1) is 12.2. The fourth-order valence-corrected chi connectivity index (χ4v) is 3.22. The second kappa shape index (κ2) is 7.91. The van der Waals surface area contributed by atoms with Gasteiger partial charge in [0.2, 0.25) is 5.91 Å². The molecule has 0 spiro atoms. The standard InChI is InChI=1S/C17H18N4O3S/c1-24-9-6-18-15(22)11-19-16(23)12-4-5-13-14(10-12)25-17(20-13)21-7-2-3-8-21/h2-5,7-8,10H,6,9,11H2,1H3,(H,18,22)(H,19,23). The van der Waals surface area contributed by atoms with Gasteiger partial charge in [-0.05, 0) is 30.3 Å². The lowest BCUT2D eigenvalue weighted by atomic mass is 10.2. The monoisotopic (exact) mass is 358 g/mol. The average molecular weight is 358 g/mol. The van der Waals surface area contributed by atoms with E-state index in [-0.39, 0.29) is 18.4 Å². The van der Waals surface area contributed by atoms with Crippen molar-refractivity contribution in [2.45, 2.75) is 0 Å². The van der Waals surface area contributed by atoms with E-state index in [4.69, 9.17) is 4.74 Å². The fourth-order valence-electron chi connectivity index (χ4n) is 2.24. The summed E-state index contributed by atoms with van der Waals surface area (Å²) >= 11 is 1.50. The van der Waals surface area contributed by atoms with E-state index in [0.717, 1.165) is 15.3 Å². The number of carbonyl (C=O) groups is 2. The molecule has 1 aromatic carbocycles. The van der Waals surface area contributed by atoms with E-state index in [1.807, 2.05) is 35.2 Å². The first kappa shape index (κ1) is 17.1. The second-order valence-corrected chi connectivity index (χ2v) is 6.30. The van der Waals surface area contributed by atoms with Crippen molar-refractivity contribution in [3.05, 3.63) is 48.3 Å². The van der Waals surface area contributed by atoms with Gasteiger partial charge in [0.25, 0.3) is 5.91 Å². The number of amides is 2. The summed E-state index contributed by atoms with van der Waals surface area (Å²) in [6, 6.07) is 9.18. The number of methoxy groups -OCH3 is 1. The van der Waals surface area contributed by atoms with Gasteiger partial charge in [0.05, 0.1) is 23.4 Å². The highest BCUT2D eigenvalue weighted by atomic mass is 32.1. The normalized spacial score (nSPS) is 10.8.